The summed E-state index contributed by atoms with van der Waals surface area (Å²) in [5.41, 5.74) is -1.13. The molecule has 0 radical (unpaired) electrons. The number of aliphatic hydroxyl groups is 1. The first kappa shape index (κ1) is 25.2. The maximum Gasteiger partial charge on any atom is 0.310 e. The van der Waals surface area contributed by atoms with Gasteiger partial charge < -0.3 is 24.7 Å². The van der Waals surface area contributed by atoms with Crippen molar-refractivity contribution in [3.8, 4) is 0 Å². The van der Waals surface area contributed by atoms with E-state index in [1.165, 1.54) is 0 Å². The van der Waals surface area contributed by atoms with Crippen LogP contribution in [0.3, 0.4) is 0 Å². The summed E-state index contributed by atoms with van der Waals surface area (Å²) >= 11 is 3.56. The normalized spacial score (nSPS) is 32.9. The minimum absolute atomic E-state index is 0.0740. The van der Waals surface area contributed by atoms with E-state index in [4.69, 9.17) is 9.84 Å². The number of alkyl halides is 1. The number of aliphatic hydroxyl groups excluding tert-OH is 1. The van der Waals surface area contributed by atoms with Crippen LogP contribution in [-0.4, -0.2) is 86.6 Å². The SMILES string of the molecule is C=CCN(CCCCC)C(=O)C1N(CCCCCO)C(=O)[C@@H]2[C@H](C(=O)O)[C@H]3OC12CC3Br. The third-order valence-electron chi connectivity index (χ3n) is 7.06. The van der Waals surface area contributed by atoms with Crippen LogP contribution >= 0.6 is 15.9 Å². The van der Waals surface area contributed by atoms with Gasteiger partial charge in [-0.25, -0.2) is 0 Å². The molecule has 0 saturated carbocycles. The lowest BCUT2D eigenvalue weighted by molar-refractivity contribution is -0.150. The van der Waals surface area contributed by atoms with Gasteiger partial charge in [0.25, 0.3) is 0 Å². The number of halogens is 1. The number of hydrogen-bond donors (Lipinski definition) is 2. The van der Waals surface area contributed by atoms with Gasteiger partial charge in [0.15, 0.2) is 0 Å². The zero-order valence-corrected chi connectivity index (χ0v) is 20.3. The van der Waals surface area contributed by atoms with Gasteiger partial charge in [-0.05, 0) is 32.1 Å². The van der Waals surface area contributed by atoms with E-state index in [1.807, 2.05) is 0 Å². The van der Waals surface area contributed by atoms with Gasteiger partial charge in [-0.3, -0.25) is 14.4 Å². The Labute approximate surface area is 198 Å². The molecule has 3 rings (SSSR count). The summed E-state index contributed by atoms with van der Waals surface area (Å²) < 4.78 is 6.28. The van der Waals surface area contributed by atoms with Crippen LogP contribution < -0.4 is 0 Å². The van der Waals surface area contributed by atoms with E-state index in [9.17, 15) is 19.5 Å². The second-order valence-corrected chi connectivity index (χ2v) is 10.3. The lowest BCUT2D eigenvalue weighted by Crippen LogP contribution is -2.57. The highest BCUT2D eigenvalue weighted by Crippen LogP contribution is 2.60. The topological polar surface area (TPSA) is 107 Å². The van der Waals surface area contributed by atoms with Crippen molar-refractivity contribution in [1.29, 1.82) is 0 Å². The molecule has 2 bridgehead atoms. The summed E-state index contributed by atoms with van der Waals surface area (Å²) in [4.78, 5) is 42.6. The number of likely N-dealkylation sites (tertiary alicyclic amines) is 1. The average molecular weight is 515 g/mol. The predicted octanol–water partition coefficient (Wildman–Crippen LogP) is 2.19. The van der Waals surface area contributed by atoms with Gasteiger partial charge in [0.1, 0.15) is 11.6 Å². The minimum atomic E-state index is -1.13. The third-order valence-corrected chi connectivity index (χ3v) is 7.90. The highest BCUT2D eigenvalue weighted by atomic mass is 79.9. The van der Waals surface area contributed by atoms with E-state index in [1.54, 1.807) is 15.9 Å². The van der Waals surface area contributed by atoms with Crippen molar-refractivity contribution in [1.82, 2.24) is 9.80 Å². The first-order valence-electron chi connectivity index (χ1n) is 11.7. The molecule has 6 atom stereocenters. The first-order chi connectivity index (χ1) is 15.3. The molecule has 2 amide bonds. The highest BCUT2D eigenvalue weighted by Gasteiger charge is 2.76. The second kappa shape index (κ2) is 10.7. The molecule has 3 aliphatic heterocycles. The van der Waals surface area contributed by atoms with E-state index in [-0.39, 0.29) is 23.2 Å². The van der Waals surface area contributed by atoms with Crippen molar-refractivity contribution in [3.63, 3.8) is 0 Å². The Morgan fingerprint density at radius 1 is 1.31 bits per heavy atom. The van der Waals surface area contributed by atoms with Crippen LogP contribution in [0, 0.1) is 11.8 Å². The summed E-state index contributed by atoms with van der Waals surface area (Å²) in [6.07, 6.45) is 6.33. The van der Waals surface area contributed by atoms with Crippen molar-refractivity contribution in [2.24, 2.45) is 11.8 Å². The molecule has 1 spiro atoms. The van der Waals surface area contributed by atoms with Gasteiger partial charge in [0, 0.05) is 31.1 Å². The fourth-order valence-corrected chi connectivity index (χ4v) is 6.62. The Bertz CT molecular complexity index is 733. The molecule has 0 aliphatic carbocycles. The smallest absolute Gasteiger partial charge is 0.310 e. The Morgan fingerprint density at radius 3 is 2.69 bits per heavy atom. The monoisotopic (exact) mass is 514 g/mol. The van der Waals surface area contributed by atoms with E-state index in [2.05, 4.69) is 29.4 Å². The standard InChI is InChI=1S/C23H35BrN2O6/c1-3-5-7-11-25(10-4-2)21(29)19-23-14-15(24)18(32-23)16(22(30)31)17(23)20(28)26(19)12-8-6-9-13-27/h4,15-19,27H,2-3,5-14H2,1H3,(H,30,31)/t15?,16-,17-,18-,19?,23?/m0/s1. The lowest BCUT2D eigenvalue weighted by Gasteiger charge is -2.37. The van der Waals surface area contributed by atoms with Crippen LogP contribution in [0.1, 0.15) is 51.9 Å². The third kappa shape index (κ3) is 4.35. The molecule has 9 heteroatoms. The molecule has 0 aromatic carbocycles. The van der Waals surface area contributed by atoms with E-state index in [0.29, 0.717) is 38.9 Å². The Hall–Kier alpha value is -1.45. The van der Waals surface area contributed by atoms with E-state index in [0.717, 1.165) is 25.7 Å². The highest BCUT2D eigenvalue weighted by molar-refractivity contribution is 9.09. The van der Waals surface area contributed by atoms with Gasteiger partial charge in [-0.2, -0.15) is 0 Å². The minimum Gasteiger partial charge on any atom is -0.481 e. The molecule has 3 saturated heterocycles. The Kier molecular flexibility index (Phi) is 8.38. The Morgan fingerprint density at radius 2 is 2.06 bits per heavy atom. The zero-order valence-electron chi connectivity index (χ0n) is 18.7. The molecule has 3 heterocycles. The summed E-state index contributed by atoms with van der Waals surface area (Å²) in [5.74, 6) is -3.36. The number of ether oxygens (including phenoxy) is 1. The number of carbonyl (C=O) groups is 3. The van der Waals surface area contributed by atoms with Gasteiger partial charge in [-0.15, -0.1) is 6.58 Å². The number of carbonyl (C=O) groups excluding carboxylic acids is 2. The molecule has 0 aromatic heterocycles. The van der Waals surface area contributed by atoms with Crippen molar-refractivity contribution in [2.75, 3.05) is 26.2 Å². The van der Waals surface area contributed by atoms with Crippen molar-refractivity contribution >= 4 is 33.7 Å². The van der Waals surface area contributed by atoms with Gasteiger partial charge >= 0.3 is 5.97 Å². The number of aliphatic carboxylic acids is 1. The molecule has 3 aliphatic rings. The van der Waals surface area contributed by atoms with Gasteiger partial charge in [0.2, 0.25) is 11.8 Å². The maximum absolute atomic E-state index is 13.9. The van der Waals surface area contributed by atoms with Gasteiger partial charge in [-0.1, -0.05) is 41.8 Å². The average Bonchev–Trinajstić information content (AvgIpc) is 3.34. The van der Waals surface area contributed by atoms with Crippen molar-refractivity contribution < 1.29 is 29.3 Å². The number of amides is 2. The number of rotatable bonds is 13. The number of carboxylic acids is 1. The van der Waals surface area contributed by atoms with E-state index < -0.39 is 35.6 Å². The van der Waals surface area contributed by atoms with Crippen molar-refractivity contribution in [2.45, 2.75) is 74.4 Å². The van der Waals surface area contributed by atoms with Gasteiger partial charge in [0.05, 0.1) is 17.9 Å². The molecule has 8 nitrogen and oxygen atoms in total. The van der Waals surface area contributed by atoms with Crippen LogP contribution in [0.15, 0.2) is 12.7 Å². The molecule has 0 aromatic rings. The predicted molar refractivity (Wildman–Crippen MR) is 122 cm³/mol. The lowest BCUT2D eigenvalue weighted by atomic mass is 9.70. The molecule has 180 valence electrons. The fourth-order valence-electron chi connectivity index (χ4n) is 5.68. The molecule has 32 heavy (non-hydrogen) atoms. The number of carboxylic acid groups (broad SMARTS) is 1. The fraction of sp³-hybridized carbons (Fsp3) is 0.783. The van der Waals surface area contributed by atoms with Crippen LogP contribution in [-0.2, 0) is 19.1 Å². The molecule has 3 fully saturated rings. The number of unbranched alkanes of at least 4 members (excludes halogenated alkanes) is 4. The zero-order chi connectivity index (χ0) is 23.5. The number of nitrogens with zero attached hydrogens (tertiary/aromatic N) is 2. The maximum atomic E-state index is 13.9. The number of fused-ring (bicyclic) bond motifs is 1. The van der Waals surface area contributed by atoms with Crippen LogP contribution in [0.4, 0.5) is 0 Å². The number of hydrogen-bond acceptors (Lipinski definition) is 5. The molecule has 2 N–H and O–H groups in total. The Balaban J connectivity index is 1.94. The summed E-state index contributed by atoms with van der Waals surface area (Å²) in [5, 5.41) is 19.0. The van der Waals surface area contributed by atoms with Crippen molar-refractivity contribution in [3.05, 3.63) is 12.7 Å². The quantitative estimate of drug-likeness (QED) is 0.221. The summed E-state index contributed by atoms with van der Waals surface area (Å²) in [6.45, 7) is 7.24. The van der Waals surface area contributed by atoms with Crippen LogP contribution in [0.5, 0.6) is 0 Å². The van der Waals surface area contributed by atoms with Crippen LogP contribution in [0.25, 0.3) is 0 Å². The van der Waals surface area contributed by atoms with E-state index >= 15 is 0 Å². The first-order valence-corrected chi connectivity index (χ1v) is 12.6. The second-order valence-electron chi connectivity index (χ2n) is 9.10. The summed E-state index contributed by atoms with van der Waals surface area (Å²) in [7, 11) is 0. The molecule has 3 unspecified atom stereocenters. The summed E-state index contributed by atoms with van der Waals surface area (Å²) in [6, 6.07) is -0.842. The molecular formula is C23H35BrN2O6. The van der Waals surface area contributed by atoms with Crippen LogP contribution in [0.2, 0.25) is 0 Å². The molecular weight excluding hydrogens is 480 g/mol. The largest absolute Gasteiger partial charge is 0.481 e.